The topological polar surface area (TPSA) is 29.5 Å². The first-order valence-electron chi connectivity index (χ1n) is 6.58. The lowest BCUT2D eigenvalue weighted by Gasteiger charge is -2.16. The number of aliphatic hydroxyl groups excluding tert-OH is 1. The summed E-state index contributed by atoms with van der Waals surface area (Å²) in [5, 5.41) is 10.5. The molecule has 0 heterocycles. The highest BCUT2D eigenvalue weighted by Gasteiger charge is 2.14. The molecule has 1 unspecified atom stereocenters. The summed E-state index contributed by atoms with van der Waals surface area (Å²) in [4.78, 5) is 0. The van der Waals surface area contributed by atoms with Gasteiger partial charge in [0.1, 0.15) is 5.75 Å². The van der Waals surface area contributed by atoms with E-state index in [1.165, 1.54) is 11.1 Å². The summed E-state index contributed by atoms with van der Waals surface area (Å²) in [5.41, 5.74) is 4.39. The number of halogens is 1. The molecule has 0 saturated carbocycles. The molecule has 2 aromatic rings. The van der Waals surface area contributed by atoms with Crippen LogP contribution in [0.3, 0.4) is 0 Å². The second kappa shape index (κ2) is 6.42. The van der Waals surface area contributed by atoms with Crippen molar-refractivity contribution in [2.24, 2.45) is 0 Å². The minimum atomic E-state index is -0.570. The van der Waals surface area contributed by atoms with Crippen LogP contribution in [0.1, 0.15) is 28.4 Å². The van der Waals surface area contributed by atoms with Gasteiger partial charge in [-0.2, -0.15) is 0 Å². The lowest BCUT2D eigenvalue weighted by Crippen LogP contribution is -2.04. The van der Waals surface area contributed by atoms with Gasteiger partial charge in [-0.1, -0.05) is 51.3 Å². The average molecular weight is 335 g/mol. The molecule has 0 aromatic heterocycles. The molecule has 1 N–H and O–H groups in total. The molecule has 0 fully saturated rings. The molecule has 3 heteroatoms. The summed E-state index contributed by atoms with van der Waals surface area (Å²) < 4.78 is 6.28. The first kappa shape index (κ1) is 15.1. The molecule has 0 aliphatic carbocycles. The van der Waals surface area contributed by atoms with Crippen molar-refractivity contribution >= 4 is 15.9 Å². The molecule has 0 aliphatic heterocycles. The van der Waals surface area contributed by atoms with Crippen LogP contribution in [0, 0.1) is 13.8 Å². The number of aliphatic hydroxyl groups is 1. The molecule has 106 valence electrons. The zero-order valence-corrected chi connectivity index (χ0v) is 13.6. The molecule has 2 rings (SSSR count). The Morgan fingerprint density at radius 2 is 1.75 bits per heavy atom. The van der Waals surface area contributed by atoms with Gasteiger partial charge in [-0.25, -0.2) is 0 Å². The maximum absolute atomic E-state index is 10.5. The van der Waals surface area contributed by atoms with Gasteiger partial charge in [0.15, 0.2) is 0 Å². The molecule has 0 radical (unpaired) electrons. The predicted octanol–water partition coefficient (Wildman–Crippen LogP) is 4.35. The number of rotatable bonds is 4. The van der Waals surface area contributed by atoms with Crippen molar-refractivity contribution in [3.8, 4) is 5.75 Å². The summed E-state index contributed by atoms with van der Waals surface area (Å²) in [7, 11) is 1.62. The van der Waals surface area contributed by atoms with Gasteiger partial charge in [0.2, 0.25) is 0 Å². The molecule has 0 amide bonds. The van der Waals surface area contributed by atoms with Crippen LogP contribution in [-0.4, -0.2) is 12.2 Å². The van der Waals surface area contributed by atoms with E-state index in [2.05, 4.69) is 48.0 Å². The summed E-state index contributed by atoms with van der Waals surface area (Å²) in [6.07, 6.45) is 0.0137. The largest absolute Gasteiger partial charge is 0.496 e. The smallest absolute Gasteiger partial charge is 0.125 e. The standard InChI is InChI=1S/C17H19BrO2/c1-11-6-12(2)8-13(7-11)9-16(19)15-5-4-14(18)10-17(15)20-3/h4-8,10,16,19H,9H2,1-3H3. The Morgan fingerprint density at radius 1 is 1.10 bits per heavy atom. The Balaban J connectivity index is 2.25. The van der Waals surface area contributed by atoms with Crippen LogP contribution in [0.15, 0.2) is 40.9 Å². The van der Waals surface area contributed by atoms with Gasteiger partial charge in [-0.3, -0.25) is 0 Å². The fraction of sp³-hybridized carbons (Fsp3) is 0.294. The molecule has 0 aliphatic rings. The summed E-state index contributed by atoms with van der Waals surface area (Å²) >= 11 is 3.41. The Bertz CT molecular complexity index is 588. The molecule has 0 saturated heterocycles. The van der Waals surface area contributed by atoms with Crippen LogP contribution in [0.2, 0.25) is 0 Å². The van der Waals surface area contributed by atoms with Gasteiger partial charge in [0.05, 0.1) is 13.2 Å². The van der Waals surface area contributed by atoms with Gasteiger partial charge >= 0.3 is 0 Å². The van der Waals surface area contributed by atoms with Crippen molar-refractivity contribution in [2.75, 3.05) is 7.11 Å². The van der Waals surface area contributed by atoms with Crippen LogP contribution in [-0.2, 0) is 6.42 Å². The van der Waals surface area contributed by atoms with Crippen LogP contribution in [0.4, 0.5) is 0 Å². The maximum atomic E-state index is 10.5. The normalized spacial score (nSPS) is 12.2. The van der Waals surface area contributed by atoms with Gasteiger partial charge in [0.25, 0.3) is 0 Å². The van der Waals surface area contributed by atoms with E-state index in [1.807, 2.05) is 18.2 Å². The Morgan fingerprint density at radius 3 is 2.35 bits per heavy atom. The van der Waals surface area contributed by atoms with E-state index in [-0.39, 0.29) is 0 Å². The Kier molecular flexibility index (Phi) is 4.84. The fourth-order valence-electron chi connectivity index (χ4n) is 2.48. The quantitative estimate of drug-likeness (QED) is 0.900. The number of ether oxygens (including phenoxy) is 1. The molecule has 0 spiro atoms. The van der Waals surface area contributed by atoms with E-state index in [4.69, 9.17) is 4.74 Å². The number of benzene rings is 2. The van der Waals surface area contributed by atoms with Crippen LogP contribution >= 0.6 is 15.9 Å². The molecule has 20 heavy (non-hydrogen) atoms. The van der Waals surface area contributed by atoms with Gasteiger partial charge in [0, 0.05) is 16.5 Å². The van der Waals surface area contributed by atoms with Crippen LogP contribution < -0.4 is 4.74 Å². The van der Waals surface area contributed by atoms with Crippen LogP contribution in [0.25, 0.3) is 0 Å². The SMILES string of the molecule is COc1cc(Br)ccc1C(O)Cc1cc(C)cc(C)c1. The Hall–Kier alpha value is -1.32. The third-order valence-electron chi connectivity index (χ3n) is 3.27. The summed E-state index contributed by atoms with van der Waals surface area (Å²) in [6, 6.07) is 12.1. The molecular weight excluding hydrogens is 316 g/mol. The van der Waals surface area contributed by atoms with Gasteiger partial charge in [-0.05, 0) is 31.5 Å². The van der Waals surface area contributed by atoms with Crippen molar-refractivity contribution in [1.29, 1.82) is 0 Å². The minimum absolute atomic E-state index is 0.570. The maximum Gasteiger partial charge on any atom is 0.125 e. The van der Waals surface area contributed by atoms with Crippen LogP contribution in [0.5, 0.6) is 5.75 Å². The fourth-order valence-corrected chi connectivity index (χ4v) is 2.82. The lowest BCUT2D eigenvalue weighted by molar-refractivity contribution is 0.174. The first-order chi connectivity index (χ1) is 9.49. The lowest BCUT2D eigenvalue weighted by atomic mass is 9.98. The molecule has 1 atom stereocenters. The highest BCUT2D eigenvalue weighted by molar-refractivity contribution is 9.10. The third-order valence-corrected chi connectivity index (χ3v) is 3.76. The average Bonchev–Trinajstić information content (AvgIpc) is 2.37. The number of hydrogen-bond donors (Lipinski definition) is 1. The predicted molar refractivity (Wildman–Crippen MR) is 85.3 cm³/mol. The van der Waals surface area contributed by atoms with E-state index in [0.29, 0.717) is 12.2 Å². The first-order valence-corrected chi connectivity index (χ1v) is 7.37. The van der Waals surface area contributed by atoms with Gasteiger partial charge < -0.3 is 9.84 Å². The van der Waals surface area contributed by atoms with Gasteiger partial charge in [-0.15, -0.1) is 0 Å². The van der Waals surface area contributed by atoms with Crippen molar-refractivity contribution in [3.63, 3.8) is 0 Å². The number of methoxy groups -OCH3 is 1. The highest BCUT2D eigenvalue weighted by atomic mass is 79.9. The van der Waals surface area contributed by atoms with E-state index < -0.39 is 6.10 Å². The van der Waals surface area contributed by atoms with Crippen molar-refractivity contribution < 1.29 is 9.84 Å². The molecule has 2 nitrogen and oxygen atoms in total. The highest BCUT2D eigenvalue weighted by Crippen LogP contribution is 2.30. The molecule has 0 bridgehead atoms. The molecule has 2 aromatic carbocycles. The zero-order valence-electron chi connectivity index (χ0n) is 12.0. The Labute approximate surface area is 128 Å². The monoisotopic (exact) mass is 334 g/mol. The third kappa shape index (κ3) is 3.62. The van der Waals surface area contributed by atoms with Crippen molar-refractivity contribution in [3.05, 3.63) is 63.1 Å². The van der Waals surface area contributed by atoms with E-state index >= 15 is 0 Å². The van der Waals surface area contributed by atoms with Crippen molar-refractivity contribution in [2.45, 2.75) is 26.4 Å². The summed E-state index contributed by atoms with van der Waals surface area (Å²) in [5.74, 6) is 0.705. The van der Waals surface area contributed by atoms with E-state index in [9.17, 15) is 5.11 Å². The minimum Gasteiger partial charge on any atom is -0.496 e. The summed E-state index contributed by atoms with van der Waals surface area (Å²) in [6.45, 7) is 4.15. The van der Waals surface area contributed by atoms with E-state index in [0.717, 1.165) is 15.6 Å². The molecular formula is C17H19BrO2. The number of hydrogen-bond acceptors (Lipinski definition) is 2. The van der Waals surface area contributed by atoms with E-state index in [1.54, 1.807) is 7.11 Å². The number of aryl methyl sites for hydroxylation is 2. The zero-order chi connectivity index (χ0) is 14.7. The second-order valence-corrected chi connectivity index (χ2v) is 6.02. The second-order valence-electron chi connectivity index (χ2n) is 5.10. The van der Waals surface area contributed by atoms with Crippen molar-refractivity contribution in [1.82, 2.24) is 0 Å².